The van der Waals surface area contributed by atoms with E-state index in [0.717, 1.165) is 5.56 Å². The fourth-order valence-electron chi connectivity index (χ4n) is 2.32. The zero-order valence-electron chi connectivity index (χ0n) is 14.6. The molecule has 9 heteroatoms. The molecule has 2 aromatic carbocycles. The van der Waals surface area contributed by atoms with Crippen LogP contribution >= 0.6 is 46.4 Å². The van der Waals surface area contributed by atoms with Crippen molar-refractivity contribution < 1.29 is 24.5 Å². The van der Waals surface area contributed by atoms with Gasteiger partial charge in [0.25, 0.3) is 0 Å². The summed E-state index contributed by atoms with van der Waals surface area (Å²) in [7, 11) is 0. The lowest BCUT2D eigenvalue weighted by Gasteiger charge is -2.11. The maximum atomic E-state index is 11.0. The minimum atomic E-state index is -1.31. The lowest BCUT2D eigenvalue weighted by atomic mass is 10.2. The summed E-state index contributed by atoms with van der Waals surface area (Å²) in [5.74, 6) is -0.312. The summed E-state index contributed by atoms with van der Waals surface area (Å²) in [6, 6.07) is 10.1. The van der Waals surface area contributed by atoms with Crippen LogP contribution in [0, 0.1) is 0 Å². The SMILES string of the molecule is O=C1CC(COCc2ccc(Cl)cc2Cl)OC1O.OCc1ccc(Cl)cc1Cl. The van der Waals surface area contributed by atoms with Crippen molar-refractivity contribution in [3.8, 4) is 0 Å². The molecule has 0 bridgehead atoms. The first-order valence-corrected chi connectivity index (χ1v) is 9.74. The van der Waals surface area contributed by atoms with Crippen molar-refractivity contribution in [2.24, 2.45) is 0 Å². The zero-order valence-corrected chi connectivity index (χ0v) is 17.6. The van der Waals surface area contributed by atoms with Crippen LogP contribution in [0.15, 0.2) is 36.4 Å². The van der Waals surface area contributed by atoms with Gasteiger partial charge in [-0.15, -0.1) is 0 Å². The van der Waals surface area contributed by atoms with Crippen molar-refractivity contribution in [3.05, 3.63) is 67.6 Å². The number of hydrogen-bond donors (Lipinski definition) is 2. The highest BCUT2D eigenvalue weighted by atomic mass is 35.5. The maximum absolute atomic E-state index is 11.0. The first-order valence-electron chi connectivity index (χ1n) is 8.23. The summed E-state index contributed by atoms with van der Waals surface area (Å²) in [6.07, 6.45) is -1.52. The summed E-state index contributed by atoms with van der Waals surface area (Å²) in [4.78, 5) is 11.0. The van der Waals surface area contributed by atoms with Crippen molar-refractivity contribution >= 4 is 52.2 Å². The third-order valence-electron chi connectivity index (χ3n) is 3.79. The molecule has 1 fully saturated rings. The maximum Gasteiger partial charge on any atom is 0.215 e. The monoisotopic (exact) mass is 466 g/mol. The zero-order chi connectivity index (χ0) is 20.7. The molecule has 3 rings (SSSR count). The van der Waals surface area contributed by atoms with Crippen LogP contribution < -0.4 is 0 Å². The molecule has 1 saturated heterocycles. The number of benzene rings is 2. The predicted molar refractivity (Wildman–Crippen MR) is 109 cm³/mol. The van der Waals surface area contributed by atoms with Gasteiger partial charge in [-0.1, -0.05) is 58.5 Å². The van der Waals surface area contributed by atoms with E-state index < -0.39 is 12.4 Å². The van der Waals surface area contributed by atoms with E-state index in [1.54, 1.807) is 36.4 Å². The number of aliphatic hydroxyl groups is 2. The number of carbonyl (C=O) groups is 1. The molecule has 1 aliphatic heterocycles. The topological polar surface area (TPSA) is 76.0 Å². The van der Waals surface area contributed by atoms with E-state index in [4.69, 9.17) is 66.1 Å². The molecule has 28 heavy (non-hydrogen) atoms. The summed E-state index contributed by atoms with van der Waals surface area (Å²) < 4.78 is 10.4. The van der Waals surface area contributed by atoms with Gasteiger partial charge in [-0.2, -0.15) is 0 Å². The van der Waals surface area contributed by atoms with E-state index in [-0.39, 0.29) is 25.4 Å². The fraction of sp³-hybridized carbons (Fsp3) is 0.316. The Morgan fingerprint density at radius 3 is 2.04 bits per heavy atom. The van der Waals surface area contributed by atoms with Crippen molar-refractivity contribution in [1.29, 1.82) is 0 Å². The Balaban J connectivity index is 0.000000237. The standard InChI is InChI=1S/C12H12Cl2O4.C7H6Cl2O/c13-8-2-1-7(10(14)3-8)5-17-6-9-4-11(15)12(16)18-9;8-6-2-1-5(4-10)7(9)3-6/h1-3,9,12,16H,4-6H2;1-3,10H,4H2. The Hall–Kier alpha value is -0.890. The second-order valence-corrected chi connectivity index (χ2v) is 7.61. The highest BCUT2D eigenvalue weighted by Gasteiger charge is 2.31. The molecule has 0 radical (unpaired) electrons. The van der Waals surface area contributed by atoms with Crippen molar-refractivity contribution in [2.75, 3.05) is 6.61 Å². The van der Waals surface area contributed by atoms with E-state index in [1.807, 2.05) is 0 Å². The second-order valence-electron chi connectivity index (χ2n) is 5.93. The molecule has 2 unspecified atom stereocenters. The number of carbonyl (C=O) groups excluding carboxylic acids is 1. The normalized spacial score (nSPS) is 18.7. The van der Waals surface area contributed by atoms with Gasteiger partial charge in [0.1, 0.15) is 0 Å². The first kappa shape index (κ1) is 23.4. The van der Waals surface area contributed by atoms with Gasteiger partial charge >= 0.3 is 0 Å². The molecule has 0 aliphatic carbocycles. The van der Waals surface area contributed by atoms with Gasteiger partial charge in [0.2, 0.25) is 6.29 Å². The first-order chi connectivity index (χ1) is 13.3. The van der Waals surface area contributed by atoms with Gasteiger partial charge in [0.15, 0.2) is 5.78 Å². The van der Waals surface area contributed by atoms with Crippen LogP contribution in [0.5, 0.6) is 0 Å². The molecule has 1 heterocycles. The van der Waals surface area contributed by atoms with Crippen molar-refractivity contribution in [1.82, 2.24) is 0 Å². The van der Waals surface area contributed by atoms with Gasteiger partial charge in [-0.25, -0.2) is 0 Å². The fourth-order valence-corrected chi connectivity index (χ4v) is 3.25. The Kier molecular flexibility index (Phi) is 9.47. The second kappa shape index (κ2) is 11.3. The molecular weight excluding hydrogens is 450 g/mol. The average molecular weight is 468 g/mol. The van der Waals surface area contributed by atoms with E-state index in [9.17, 15) is 4.79 Å². The van der Waals surface area contributed by atoms with Crippen LogP contribution in [-0.2, 0) is 27.5 Å². The van der Waals surface area contributed by atoms with Crippen LogP contribution in [0.3, 0.4) is 0 Å². The number of halogens is 4. The van der Waals surface area contributed by atoms with Gasteiger partial charge in [-0.05, 0) is 35.4 Å². The van der Waals surface area contributed by atoms with Crippen molar-refractivity contribution in [2.45, 2.75) is 32.0 Å². The number of ketones is 1. The van der Waals surface area contributed by atoms with Gasteiger partial charge in [-0.3, -0.25) is 4.79 Å². The Morgan fingerprint density at radius 2 is 1.57 bits per heavy atom. The van der Waals surface area contributed by atoms with E-state index in [1.165, 1.54) is 0 Å². The smallest absolute Gasteiger partial charge is 0.215 e. The number of ether oxygens (including phenoxy) is 2. The Bertz CT molecular complexity index is 815. The molecule has 0 amide bonds. The minimum absolute atomic E-state index is 0.0456. The van der Waals surface area contributed by atoms with Gasteiger partial charge in [0.05, 0.1) is 25.9 Å². The number of hydrogen-bond acceptors (Lipinski definition) is 5. The molecule has 2 atom stereocenters. The molecule has 0 spiro atoms. The molecule has 2 aromatic rings. The summed E-state index contributed by atoms with van der Waals surface area (Å²) >= 11 is 23.1. The molecular formula is C19H18Cl4O5. The molecule has 1 aliphatic rings. The highest BCUT2D eigenvalue weighted by Crippen LogP contribution is 2.22. The quantitative estimate of drug-likeness (QED) is 0.668. The third-order valence-corrected chi connectivity index (χ3v) is 4.96. The Morgan fingerprint density at radius 1 is 1.00 bits per heavy atom. The van der Waals surface area contributed by atoms with Gasteiger partial charge < -0.3 is 19.7 Å². The number of Topliss-reactive ketones (excluding diaryl/α,β-unsaturated/α-hetero) is 1. The summed E-state index contributed by atoms with van der Waals surface area (Å²) in [5.41, 5.74) is 1.51. The summed E-state index contributed by atoms with van der Waals surface area (Å²) in [5, 5.41) is 20.0. The third kappa shape index (κ3) is 7.17. The van der Waals surface area contributed by atoms with Crippen LogP contribution in [0.2, 0.25) is 20.1 Å². The largest absolute Gasteiger partial charge is 0.392 e. The number of aliphatic hydroxyl groups excluding tert-OH is 2. The average Bonchev–Trinajstić information content (AvgIpc) is 2.95. The highest BCUT2D eigenvalue weighted by molar-refractivity contribution is 6.35. The Labute approximate surface area is 182 Å². The molecule has 2 N–H and O–H groups in total. The lowest BCUT2D eigenvalue weighted by Crippen LogP contribution is -2.17. The molecule has 0 aromatic heterocycles. The van der Waals surface area contributed by atoms with Crippen molar-refractivity contribution in [3.63, 3.8) is 0 Å². The van der Waals surface area contributed by atoms with Gasteiger partial charge in [0, 0.05) is 26.5 Å². The predicted octanol–water partition coefficient (Wildman–Crippen LogP) is 4.67. The molecule has 152 valence electrons. The summed E-state index contributed by atoms with van der Waals surface area (Å²) in [6.45, 7) is 0.498. The van der Waals surface area contributed by atoms with E-state index >= 15 is 0 Å². The minimum Gasteiger partial charge on any atom is -0.392 e. The van der Waals surface area contributed by atoms with E-state index in [0.29, 0.717) is 32.3 Å². The van der Waals surface area contributed by atoms with Crippen LogP contribution in [0.1, 0.15) is 17.5 Å². The van der Waals surface area contributed by atoms with Crippen LogP contribution in [0.4, 0.5) is 0 Å². The lowest BCUT2D eigenvalue weighted by molar-refractivity contribution is -0.146. The van der Waals surface area contributed by atoms with E-state index in [2.05, 4.69) is 0 Å². The van der Waals surface area contributed by atoms with Crippen LogP contribution in [0.25, 0.3) is 0 Å². The molecule has 0 saturated carbocycles. The molecule has 5 nitrogen and oxygen atoms in total. The number of rotatable bonds is 5. The van der Waals surface area contributed by atoms with Crippen LogP contribution in [-0.4, -0.2) is 35.0 Å².